The maximum absolute atomic E-state index is 12.1. The number of aliphatic hydroxyl groups is 1. The standard InChI is InChI=1S/C38H36Cl3N5O6/c1-51-31-17-21(6-7-22(31)19-46(38(49)50)20-24-8-11-32(48)44-24)35-34(41)26(12-13-43-35)25-4-3-5-27(33(25)40)30-10-9-28-36(45-30)29(39)16-23(37(28)52-2)18-42-14-15-47/h3-7,9-10,12-13,16-17,24,42,47H,8,11,14-15,18-20H2,1-2H3,(H,44,48)(H,49,50)/t24-/m0/s1. The van der Waals surface area contributed by atoms with Crippen molar-refractivity contribution in [2.75, 3.05) is 33.9 Å². The van der Waals surface area contributed by atoms with Crippen molar-refractivity contribution < 1.29 is 29.3 Å². The first-order chi connectivity index (χ1) is 25.1. The average molecular weight is 765 g/mol. The molecular formula is C38H36Cl3N5O6. The SMILES string of the molecule is COc1cc(-c2nccc(-c3cccc(-c4ccc5c(OC)c(CNCCO)cc(Cl)c5n4)c3Cl)c2Cl)ccc1CN(C[C@@H]1CCC(=O)N1)C(=O)O. The van der Waals surface area contributed by atoms with Crippen molar-refractivity contribution >= 4 is 57.7 Å². The number of ether oxygens (including phenoxy) is 2. The van der Waals surface area contributed by atoms with E-state index < -0.39 is 6.09 Å². The lowest BCUT2D eigenvalue weighted by molar-refractivity contribution is -0.119. The minimum atomic E-state index is -1.09. The molecule has 4 N–H and O–H groups in total. The van der Waals surface area contributed by atoms with Crippen molar-refractivity contribution in [1.82, 2.24) is 25.5 Å². The largest absolute Gasteiger partial charge is 0.496 e. The molecule has 2 amide bonds. The normalized spacial score (nSPS) is 14.0. The van der Waals surface area contributed by atoms with Gasteiger partial charge >= 0.3 is 6.09 Å². The molecule has 5 aromatic rings. The number of benzene rings is 3. The zero-order valence-electron chi connectivity index (χ0n) is 28.4. The molecule has 0 bridgehead atoms. The summed E-state index contributed by atoms with van der Waals surface area (Å²) in [7, 11) is 3.11. The third-order valence-electron chi connectivity index (χ3n) is 8.94. The van der Waals surface area contributed by atoms with Crippen LogP contribution in [0.3, 0.4) is 0 Å². The second-order valence-corrected chi connectivity index (χ2v) is 13.4. The summed E-state index contributed by atoms with van der Waals surface area (Å²) >= 11 is 20.9. The molecule has 0 spiro atoms. The molecule has 3 aromatic carbocycles. The lowest BCUT2D eigenvalue weighted by Crippen LogP contribution is -2.41. The number of fused-ring (bicyclic) bond motifs is 1. The van der Waals surface area contributed by atoms with Crippen LogP contribution in [-0.2, 0) is 17.9 Å². The Hall–Kier alpha value is -4.65. The van der Waals surface area contributed by atoms with Crippen LogP contribution in [-0.4, -0.2) is 77.0 Å². The van der Waals surface area contributed by atoms with Gasteiger partial charge in [0.25, 0.3) is 0 Å². The van der Waals surface area contributed by atoms with Gasteiger partial charge in [-0.15, -0.1) is 0 Å². The molecule has 1 aliphatic rings. The highest BCUT2D eigenvalue weighted by Crippen LogP contribution is 2.43. The fraction of sp³-hybridized carbons (Fsp3) is 0.263. The van der Waals surface area contributed by atoms with E-state index in [1.165, 1.54) is 12.0 Å². The Kier molecular flexibility index (Phi) is 11.7. The Morgan fingerprint density at radius 2 is 1.79 bits per heavy atom. The Bertz CT molecular complexity index is 2150. The Morgan fingerprint density at radius 1 is 1.00 bits per heavy atom. The molecule has 1 aliphatic heterocycles. The lowest BCUT2D eigenvalue weighted by Gasteiger charge is -2.24. The van der Waals surface area contributed by atoms with Crippen molar-refractivity contribution in [3.63, 3.8) is 0 Å². The fourth-order valence-corrected chi connectivity index (χ4v) is 7.34. The first-order valence-corrected chi connectivity index (χ1v) is 17.6. The number of hydrogen-bond acceptors (Lipinski definition) is 8. The van der Waals surface area contributed by atoms with Crippen LogP contribution in [0.5, 0.6) is 11.5 Å². The van der Waals surface area contributed by atoms with Crippen molar-refractivity contribution in [2.45, 2.75) is 32.0 Å². The molecule has 1 atom stereocenters. The number of aromatic nitrogens is 2. The van der Waals surface area contributed by atoms with Crippen LogP contribution < -0.4 is 20.1 Å². The van der Waals surface area contributed by atoms with E-state index in [9.17, 15) is 14.7 Å². The van der Waals surface area contributed by atoms with E-state index in [0.717, 1.165) is 10.9 Å². The Labute approximate surface area is 315 Å². The topological polar surface area (TPSA) is 146 Å². The summed E-state index contributed by atoms with van der Waals surface area (Å²) in [6.45, 7) is 1.15. The van der Waals surface area contributed by atoms with Crippen LogP contribution in [0, 0.1) is 0 Å². The monoisotopic (exact) mass is 763 g/mol. The van der Waals surface area contributed by atoms with Gasteiger partial charge in [0.1, 0.15) is 11.5 Å². The van der Waals surface area contributed by atoms with Gasteiger partial charge in [-0.25, -0.2) is 9.78 Å². The Morgan fingerprint density at radius 3 is 2.50 bits per heavy atom. The van der Waals surface area contributed by atoms with Crippen LogP contribution >= 0.6 is 34.8 Å². The summed E-state index contributed by atoms with van der Waals surface area (Å²) in [5, 5.41) is 27.0. The van der Waals surface area contributed by atoms with Crippen LogP contribution in [0.1, 0.15) is 24.0 Å². The van der Waals surface area contributed by atoms with E-state index in [1.807, 2.05) is 36.4 Å². The summed E-state index contributed by atoms with van der Waals surface area (Å²) in [5.74, 6) is 1.03. The van der Waals surface area contributed by atoms with Crippen molar-refractivity contribution in [3.8, 4) is 45.1 Å². The molecule has 14 heteroatoms. The predicted octanol–water partition coefficient (Wildman–Crippen LogP) is 7.45. The first-order valence-electron chi connectivity index (χ1n) is 16.5. The molecule has 11 nitrogen and oxygen atoms in total. The van der Waals surface area contributed by atoms with Gasteiger partial charge in [-0.3, -0.25) is 9.78 Å². The van der Waals surface area contributed by atoms with Crippen LogP contribution in [0.4, 0.5) is 4.79 Å². The van der Waals surface area contributed by atoms with Gasteiger partial charge in [-0.05, 0) is 36.8 Å². The summed E-state index contributed by atoms with van der Waals surface area (Å²) < 4.78 is 11.4. The van der Waals surface area contributed by atoms with E-state index in [0.29, 0.717) is 97.2 Å². The molecule has 0 aliphatic carbocycles. The van der Waals surface area contributed by atoms with E-state index in [-0.39, 0.29) is 31.6 Å². The van der Waals surface area contributed by atoms with E-state index in [4.69, 9.17) is 54.4 Å². The van der Waals surface area contributed by atoms with Crippen LogP contribution in [0.2, 0.25) is 15.1 Å². The second-order valence-electron chi connectivity index (χ2n) is 12.2. The number of nitrogens with one attached hydrogen (secondary N) is 2. The van der Waals surface area contributed by atoms with Gasteiger partial charge in [0.2, 0.25) is 5.91 Å². The zero-order chi connectivity index (χ0) is 36.9. The maximum Gasteiger partial charge on any atom is 0.407 e. The van der Waals surface area contributed by atoms with E-state index in [1.54, 1.807) is 37.6 Å². The fourth-order valence-electron chi connectivity index (χ4n) is 6.42. The van der Waals surface area contributed by atoms with Gasteiger partial charge in [0.15, 0.2) is 0 Å². The highest BCUT2D eigenvalue weighted by Gasteiger charge is 2.26. The number of carbonyl (C=O) groups excluding carboxylic acids is 1. The molecule has 52 heavy (non-hydrogen) atoms. The number of methoxy groups -OCH3 is 2. The van der Waals surface area contributed by atoms with Crippen LogP contribution in [0.15, 0.2) is 66.9 Å². The number of amides is 2. The number of hydrogen-bond donors (Lipinski definition) is 4. The number of aliphatic hydroxyl groups excluding tert-OH is 1. The zero-order valence-corrected chi connectivity index (χ0v) is 30.6. The van der Waals surface area contributed by atoms with Gasteiger partial charge in [0, 0.05) is 77.1 Å². The Balaban J connectivity index is 1.31. The number of halogens is 3. The molecule has 1 saturated heterocycles. The van der Waals surface area contributed by atoms with Crippen molar-refractivity contribution in [1.29, 1.82) is 0 Å². The summed E-state index contributed by atoms with van der Waals surface area (Å²) in [6, 6.07) is 18.1. The minimum Gasteiger partial charge on any atom is -0.496 e. The summed E-state index contributed by atoms with van der Waals surface area (Å²) in [5.41, 5.74) is 5.79. The first kappa shape index (κ1) is 37.1. The number of rotatable bonds is 13. The molecule has 0 unspecified atom stereocenters. The third kappa shape index (κ3) is 7.74. The molecule has 3 heterocycles. The molecule has 2 aromatic heterocycles. The van der Waals surface area contributed by atoms with E-state index >= 15 is 0 Å². The van der Waals surface area contributed by atoms with Crippen molar-refractivity contribution in [3.05, 3.63) is 93.1 Å². The minimum absolute atomic E-state index is 0.0161. The van der Waals surface area contributed by atoms with Gasteiger partial charge < -0.3 is 35.2 Å². The maximum atomic E-state index is 12.1. The molecule has 1 fully saturated rings. The molecule has 0 radical (unpaired) electrons. The third-order valence-corrected chi connectivity index (χ3v) is 10.0. The molecule has 270 valence electrons. The smallest absolute Gasteiger partial charge is 0.407 e. The van der Waals surface area contributed by atoms with Gasteiger partial charge in [-0.2, -0.15) is 0 Å². The molecule has 0 saturated carbocycles. The van der Waals surface area contributed by atoms with Crippen molar-refractivity contribution in [2.24, 2.45) is 0 Å². The summed E-state index contributed by atoms with van der Waals surface area (Å²) in [6.07, 6.45) is 1.52. The lowest BCUT2D eigenvalue weighted by atomic mass is 9.98. The highest BCUT2D eigenvalue weighted by atomic mass is 35.5. The number of carbonyl (C=O) groups is 2. The number of nitrogens with zero attached hydrogens (tertiary/aromatic N) is 3. The van der Waals surface area contributed by atoms with Crippen LogP contribution in [0.25, 0.3) is 44.5 Å². The van der Waals surface area contributed by atoms with E-state index in [2.05, 4.69) is 15.6 Å². The summed E-state index contributed by atoms with van der Waals surface area (Å²) in [4.78, 5) is 34.5. The van der Waals surface area contributed by atoms with Gasteiger partial charge in [-0.1, -0.05) is 65.1 Å². The second kappa shape index (κ2) is 16.4. The number of carboxylic acid groups (broad SMARTS) is 1. The highest BCUT2D eigenvalue weighted by molar-refractivity contribution is 6.39. The van der Waals surface area contributed by atoms with Gasteiger partial charge in [0.05, 0.1) is 59.3 Å². The predicted molar refractivity (Wildman–Crippen MR) is 202 cm³/mol. The molecule has 6 rings (SSSR count). The quantitative estimate of drug-likeness (QED) is 0.0899. The molecular weight excluding hydrogens is 729 g/mol. The average Bonchev–Trinajstić information content (AvgIpc) is 3.56. The number of pyridine rings is 2.